The van der Waals surface area contributed by atoms with Crippen LogP contribution in [0.15, 0.2) is 4.99 Å². The molecule has 3 N–H and O–H groups in total. The normalized spacial score (nSPS) is 14.7. The molecule has 0 amide bonds. The SMILES string of the molecule is CCN=C(N)NS(C)(C)CC. The lowest BCUT2D eigenvalue weighted by atomic mass is 10.8. The van der Waals surface area contributed by atoms with Gasteiger partial charge in [-0.3, -0.25) is 4.99 Å². The van der Waals surface area contributed by atoms with Crippen LogP contribution in [0.1, 0.15) is 13.8 Å². The Morgan fingerprint density at radius 3 is 2.36 bits per heavy atom. The predicted octanol–water partition coefficient (Wildman–Crippen LogP) is 0.910. The first kappa shape index (κ1) is 10.6. The Morgan fingerprint density at radius 2 is 2.00 bits per heavy atom. The zero-order chi connectivity index (χ0) is 8.91. The van der Waals surface area contributed by atoms with Gasteiger partial charge in [0.1, 0.15) is 0 Å². The second-order valence-electron chi connectivity index (χ2n) is 2.79. The lowest BCUT2D eigenvalue weighted by molar-refractivity contribution is 1.10. The molecule has 0 aliphatic carbocycles. The second kappa shape index (κ2) is 4.49. The minimum atomic E-state index is -0.747. The van der Waals surface area contributed by atoms with Crippen molar-refractivity contribution in [3.8, 4) is 0 Å². The molecule has 0 aliphatic heterocycles. The summed E-state index contributed by atoms with van der Waals surface area (Å²) in [5.41, 5.74) is 5.61. The third kappa shape index (κ3) is 4.95. The number of rotatable bonds is 3. The van der Waals surface area contributed by atoms with Crippen LogP contribution in [0.4, 0.5) is 0 Å². The molecular weight excluding hydrogens is 158 g/mol. The van der Waals surface area contributed by atoms with Gasteiger partial charge in [0, 0.05) is 6.54 Å². The first-order valence-electron chi connectivity index (χ1n) is 3.80. The Kier molecular flexibility index (Phi) is 4.33. The Morgan fingerprint density at radius 1 is 1.45 bits per heavy atom. The van der Waals surface area contributed by atoms with Crippen molar-refractivity contribution in [2.24, 2.45) is 10.7 Å². The molecule has 0 saturated heterocycles. The van der Waals surface area contributed by atoms with Gasteiger partial charge in [-0.1, -0.05) is 6.92 Å². The van der Waals surface area contributed by atoms with E-state index in [2.05, 4.69) is 29.1 Å². The molecule has 0 heterocycles. The summed E-state index contributed by atoms with van der Waals surface area (Å²) < 4.78 is 3.22. The molecule has 0 spiro atoms. The van der Waals surface area contributed by atoms with Crippen LogP contribution in [0.25, 0.3) is 0 Å². The van der Waals surface area contributed by atoms with Gasteiger partial charge in [0.15, 0.2) is 5.96 Å². The van der Waals surface area contributed by atoms with Crippen molar-refractivity contribution in [2.75, 3.05) is 24.8 Å². The van der Waals surface area contributed by atoms with Crippen molar-refractivity contribution < 1.29 is 0 Å². The number of guanidine groups is 1. The maximum absolute atomic E-state index is 5.61. The lowest BCUT2D eigenvalue weighted by Gasteiger charge is -2.31. The fourth-order valence-corrected chi connectivity index (χ4v) is 1.33. The van der Waals surface area contributed by atoms with Crippen LogP contribution in [0.2, 0.25) is 0 Å². The molecule has 0 atom stereocenters. The molecule has 3 nitrogen and oxygen atoms in total. The number of hydrogen-bond donors (Lipinski definition) is 2. The summed E-state index contributed by atoms with van der Waals surface area (Å²) in [6, 6.07) is 0. The van der Waals surface area contributed by atoms with Crippen LogP contribution >= 0.6 is 10.2 Å². The molecule has 11 heavy (non-hydrogen) atoms. The Labute approximate surface area is 70.9 Å². The molecule has 0 aromatic rings. The van der Waals surface area contributed by atoms with E-state index in [-0.39, 0.29) is 0 Å². The molecule has 0 radical (unpaired) electrons. The highest BCUT2D eigenvalue weighted by Crippen LogP contribution is 2.32. The van der Waals surface area contributed by atoms with Gasteiger partial charge < -0.3 is 10.5 Å². The van der Waals surface area contributed by atoms with Gasteiger partial charge in [0.05, 0.1) is 0 Å². The summed E-state index contributed by atoms with van der Waals surface area (Å²) in [6.07, 6.45) is 4.37. The molecule has 0 saturated carbocycles. The summed E-state index contributed by atoms with van der Waals surface area (Å²) in [6.45, 7) is 4.88. The van der Waals surface area contributed by atoms with Crippen molar-refractivity contribution in [1.82, 2.24) is 4.72 Å². The number of hydrogen-bond acceptors (Lipinski definition) is 1. The maximum Gasteiger partial charge on any atom is 0.197 e. The molecule has 0 unspecified atom stereocenters. The van der Waals surface area contributed by atoms with Crippen molar-refractivity contribution in [3.05, 3.63) is 0 Å². The van der Waals surface area contributed by atoms with Gasteiger partial charge in [0.2, 0.25) is 0 Å². The fourth-order valence-electron chi connectivity index (χ4n) is 0.558. The largest absolute Gasteiger partial charge is 0.369 e. The average Bonchev–Trinajstić information content (AvgIpc) is 1.87. The average molecular weight is 177 g/mol. The zero-order valence-electron chi connectivity index (χ0n) is 7.85. The highest BCUT2D eigenvalue weighted by Gasteiger charge is 2.07. The Balaban J connectivity index is 3.92. The van der Waals surface area contributed by atoms with Gasteiger partial charge >= 0.3 is 0 Å². The molecular formula is C7H19N3S. The van der Waals surface area contributed by atoms with E-state index in [9.17, 15) is 0 Å². The summed E-state index contributed by atoms with van der Waals surface area (Å²) in [4.78, 5) is 4.06. The molecule has 0 bridgehead atoms. The van der Waals surface area contributed by atoms with Crippen LogP contribution < -0.4 is 10.5 Å². The van der Waals surface area contributed by atoms with Crippen LogP contribution in [0.5, 0.6) is 0 Å². The highest BCUT2D eigenvalue weighted by atomic mass is 32.3. The smallest absolute Gasteiger partial charge is 0.197 e. The quantitative estimate of drug-likeness (QED) is 0.497. The second-order valence-corrected chi connectivity index (χ2v) is 6.65. The van der Waals surface area contributed by atoms with Crippen molar-refractivity contribution in [1.29, 1.82) is 0 Å². The lowest BCUT2D eigenvalue weighted by Crippen LogP contribution is -2.34. The van der Waals surface area contributed by atoms with Crippen LogP contribution in [0.3, 0.4) is 0 Å². The first-order valence-corrected chi connectivity index (χ1v) is 6.42. The van der Waals surface area contributed by atoms with Gasteiger partial charge in [0.25, 0.3) is 0 Å². The van der Waals surface area contributed by atoms with Crippen molar-refractivity contribution >= 4 is 16.2 Å². The van der Waals surface area contributed by atoms with E-state index >= 15 is 0 Å². The van der Waals surface area contributed by atoms with Crippen molar-refractivity contribution in [2.45, 2.75) is 13.8 Å². The molecule has 68 valence electrons. The first-order chi connectivity index (χ1) is 5.02. The summed E-state index contributed by atoms with van der Waals surface area (Å²) in [7, 11) is -0.747. The van der Waals surface area contributed by atoms with E-state index in [0.29, 0.717) is 5.96 Å². The molecule has 0 fully saturated rings. The molecule has 0 aromatic heterocycles. The summed E-state index contributed by atoms with van der Waals surface area (Å²) >= 11 is 0. The van der Waals surface area contributed by atoms with E-state index in [1.165, 1.54) is 0 Å². The topological polar surface area (TPSA) is 50.4 Å². The predicted molar refractivity (Wildman–Crippen MR) is 55.3 cm³/mol. The minimum Gasteiger partial charge on any atom is -0.369 e. The van der Waals surface area contributed by atoms with Crippen LogP contribution in [-0.2, 0) is 0 Å². The van der Waals surface area contributed by atoms with Gasteiger partial charge in [-0.15, -0.1) is 0 Å². The number of nitrogens with one attached hydrogen (secondary N) is 1. The molecule has 0 rings (SSSR count). The van der Waals surface area contributed by atoms with Gasteiger partial charge in [-0.25, -0.2) is 0 Å². The molecule has 0 aromatic carbocycles. The van der Waals surface area contributed by atoms with E-state index in [1.54, 1.807) is 0 Å². The number of nitrogens with zero attached hydrogens (tertiary/aromatic N) is 1. The maximum atomic E-state index is 5.61. The molecule has 4 heteroatoms. The molecule has 0 aliphatic rings. The van der Waals surface area contributed by atoms with Crippen LogP contribution in [0, 0.1) is 0 Å². The van der Waals surface area contributed by atoms with Gasteiger partial charge in [-0.05, 0) is 25.2 Å². The highest BCUT2D eigenvalue weighted by molar-refractivity contribution is 8.31. The number of nitrogens with two attached hydrogens (primary N) is 1. The fraction of sp³-hybridized carbons (Fsp3) is 0.857. The third-order valence-corrected chi connectivity index (χ3v) is 3.64. The van der Waals surface area contributed by atoms with E-state index < -0.39 is 10.2 Å². The summed E-state index contributed by atoms with van der Waals surface area (Å²) in [5, 5.41) is 0. The van der Waals surface area contributed by atoms with Gasteiger partial charge in [-0.2, -0.15) is 10.2 Å². The van der Waals surface area contributed by atoms with Crippen LogP contribution in [-0.4, -0.2) is 30.8 Å². The van der Waals surface area contributed by atoms with E-state index in [1.807, 2.05) is 6.92 Å². The van der Waals surface area contributed by atoms with E-state index in [4.69, 9.17) is 5.73 Å². The Hall–Kier alpha value is -0.380. The standard InChI is InChI=1S/C7H19N3S/c1-5-9-7(8)10-11(3,4)6-2/h5-6H2,1-4H3,(H3,8,9,10). The van der Waals surface area contributed by atoms with Crippen molar-refractivity contribution in [3.63, 3.8) is 0 Å². The number of aliphatic imine (C=N–C) groups is 1. The Bertz CT molecular complexity index is 143. The summed E-state index contributed by atoms with van der Waals surface area (Å²) in [5.74, 6) is 1.70. The van der Waals surface area contributed by atoms with E-state index in [0.717, 1.165) is 12.3 Å². The minimum absolute atomic E-state index is 0.578. The zero-order valence-corrected chi connectivity index (χ0v) is 8.66. The monoisotopic (exact) mass is 177 g/mol. The third-order valence-electron chi connectivity index (χ3n) is 1.43.